The lowest BCUT2D eigenvalue weighted by Crippen LogP contribution is -2.48. The highest BCUT2D eigenvalue weighted by molar-refractivity contribution is 6.07. The molecular weight excluding hydrogens is 280 g/mol. The predicted molar refractivity (Wildman–Crippen MR) is 83.8 cm³/mol. The molecule has 3 rings (SSSR count). The minimum absolute atomic E-state index is 0.0797. The summed E-state index contributed by atoms with van der Waals surface area (Å²) in [5.74, 6) is -0.910. The van der Waals surface area contributed by atoms with Gasteiger partial charge in [0.1, 0.15) is 0 Å². The number of nitrogens with zero attached hydrogens (tertiary/aromatic N) is 2. The van der Waals surface area contributed by atoms with Gasteiger partial charge >= 0.3 is 5.97 Å². The zero-order valence-corrected chi connectivity index (χ0v) is 12.9. The van der Waals surface area contributed by atoms with Crippen LogP contribution in [0.2, 0.25) is 0 Å². The van der Waals surface area contributed by atoms with Gasteiger partial charge < -0.3 is 14.6 Å². The highest BCUT2D eigenvalue weighted by Crippen LogP contribution is 2.31. The number of amides is 1. The lowest BCUT2D eigenvalue weighted by molar-refractivity contribution is -0.150. The van der Waals surface area contributed by atoms with Crippen molar-refractivity contribution in [3.63, 3.8) is 0 Å². The summed E-state index contributed by atoms with van der Waals surface area (Å²) >= 11 is 0. The Balaban J connectivity index is 1.94. The Morgan fingerprint density at radius 3 is 2.73 bits per heavy atom. The molecule has 22 heavy (non-hydrogen) atoms. The van der Waals surface area contributed by atoms with E-state index in [0.717, 1.165) is 17.3 Å². The Hall–Kier alpha value is -2.30. The summed E-state index contributed by atoms with van der Waals surface area (Å²) in [5.41, 5.74) is 0.801. The second-order valence-electron chi connectivity index (χ2n) is 6.37. The fourth-order valence-corrected chi connectivity index (χ4v) is 3.27. The van der Waals surface area contributed by atoms with Crippen LogP contribution in [-0.4, -0.2) is 39.5 Å². The van der Waals surface area contributed by atoms with Gasteiger partial charge in [-0.25, -0.2) is 0 Å². The SMILES string of the molecule is Cn1cc(C(=O)N2CCCC(C)(C(=O)O)C2)c2ccccc21. The first kappa shape index (κ1) is 14.6. The number of likely N-dealkylation sites (tertiary alicyclic amines) is 1. The van der Waals surface area contributed by atoms with Crippen LogP contribution in [0.15, 0.2) is 30.5 Å². The molecule has 1 saturated heterocycles. The van der Waals surface area contributed by atoms with Crippen LogP contribution in [0, 0.1) is 5.41 Å². The molecule has 1 fully saturated rings. The van der Waals surface area contributed by atoms with E-state index < -0.39 is 11.4 Å². The first-order chi connectivity index (χ1) is 10.4. The third kappa shape index (κ3) is 2.26. The number of hydrogen-bond acceptors (Lipinski definition) is 2. The molecule has 116 valence electrons. The molecular formula is C17H20N2O3. The van der Waals surface area contributed by atoms with Crippen LogP contribution in [0.5, 0.6) is 0 Å². The topological polar surface area (TPSA) is 62.5 Å². The number of benzene rings is 1. The minimum Gasteiger partial charge on any atom is -0.481 e. The number of carboxylic acid groups (broad SMARTS) is 1. The molecule has 1 amide bonds. The molecule has 1 aliphatic rings. The van der Waals surface area contributed by atoms with Crippen molar-refractivity contribution in [1.82, 2.24) is 9.47 Å². The molecule has 1 unspecified atom stereocenters. The van der Waals surface area contributed by atoms with E-state index in [-0.39, 0.29) is 12.5 Å². The lowest BCUT2D eigenvalue weighted by Gasteiger charge is -2.37. The smallest absolute Gasteiger partial charge is 0.311 e. The maximum atomic E-state index is 12.9. The summed E-state index contributed by atoms with van der Waals surface area (Å²) in [6.45, 7) is 2.60. The van der Waals surface area contributed by atoms with Crippen LogP contribution in [0.25, 0.3) is 10.9 Å². The molecule has 2 aromatic rings. The average molecular weight is 300 g/mol. The van der Waals surface area contributed by atoms with Gasteiger partial charge in [-0.05, 0) is 25.8 Å². The van der Waals surface area contributed by atoms with E-state index >= 15 is 0 Å². The third-order valence-electron chi connectivity index (χ3n) is 4.63. The molecule has 0 spiro atoms. The maximum Gasteiger partial charge on any atom is 0.311 e. The molecule has 1 aromatic heterocycles. The van der Waals surface area contributed by atoms with Crippen molar-refractivity contribution in [1.29, 1.82) is 0 Å². The summed E-state index contributed by atoms with van der Waals surface area (Å²) in [6, 6.07) is 7.77. The number of aliphatic carboxylic acids is 1. The fourth-order valence-electron chi connectivity index (χ4n) is 3.27. The van der Waals surface area contributed by atoms with Crippen molar-refractivity contribution in [3.8, 4) is 0 Å². The molecule has 2 heterocycles. The molecule has 5 heteroatoms. The molecule has 1 aliphatic heterocycles. The van der Waals surface area contributed by atoms with Crippen LogP contribution in [0.1, 0.15) is 30.1 Å². The number of para-hydroxylation sites is 1. The summed E-state index contributed by atoms with van der Waals surface area (Å²) < 4.78 is 1.93. The number of hydrogen-bond donors (Lipinski definition) is 1. The van der Waals surface area contributed by atoms with E-state index in [1.54, 1.807) is 11.8 Å². The van der Waals surface area contributed by atoms with Crippen molar-refractivity contribution in [2.75, 3.05) is 13.1 Å². The van der Waals surface area contributed by atoms with E-state index in [0.29, 0.717) is 18.5 Å². The largest absolute Gasteiger partial charge is 0.481 e. The van der Waals surface area contributed by atoms with Crippen molar-refractivity contribution in [2.24, 2.45) is 12.5 Å². The Morgan fingerprint density at radius 1 is 1.27 bits per heavy atom. The van der Waals surface area contributed by atoms with E-state index in [4.69, 9.17) is 0 Å². The van der Waals surface area contributed by atoms with Crippen molar-refractivity contribution >= 4 is 22.8 Å². The minimum atomic E-state index is -0.849. The van der Waals surface area contributed by atoms with Crippen molar-refractivity contribution in [2.45, 2.75) is 19.8 Å². The van der Waals surface area contributed by atoms with Crippen molar-refractivity contribution in [3.05, 3.63) is 36.0 Å². The van der Waals surface area contributed by atoms with E-state index in [1.807, 2.05) is 42.1 Å². The van der Waals surface area contributed by atoms with Gasteiger partial charge in [-0.3, -0.25) is 9.59 Å². The second-order valence-corrected chi connectivity index (χ2v) is 6.37. The van der Waals surface area contributed by atoms with Gasteiger partial charge in [0.2, 0.25) is 0 Å². The van der Waals surface area contributed by atoms with Crippen LogP contribution in [0.3, 0.4) is 0 Å². The van der Waals surface area contributed by atoms with Gasteiger partial charge in [-0.2, -0.15) is 0 Å². The molecule has 1 N–H and O–H groups in total. The lowest BCUT2D eigenvalue weighted by atomic mass is 9.82. The van der Waals surface area contributed by atoms with Crippen molar-refractivity contribution < 1.29 is 14.7 Å². The third-order valence-corrected chi connectivity index (χ3v) is 4.63. The number of fused-ring (bicyclic) bond motifs is 1. The number of aryl methyl sites for hydroxylation is 1. The number of carbonyl (C=O) groups excluding carboxylic acids is 1. The Labute approximate surface area is 129 Å². The molecule has 0 radical (unpaired) electrons. The second kappa shape index (κ2) is 5.16. The number of rotatable bonds is 2. The highest BCUT2D eigenvalue weighted by Gasteiger charge is 2.39. The molecule has 0 saturated carbocycles. The number of aromatic nitrogens is 1. The summed E-state index contributed by atoms with van der Waals surface area (Å²) in [7, 11) is 1.91. The summed E-state index contributed by atoms with van der Waals surface area (Å²) in [5, 5.41) is 10.3. The highest BCUT2D eigenvalue weighted by atomic mass is 16.4. The Bertz CT molecular complexity index is 749. The van der Waals surface area contributed by atoms with Crippen LogP contribution < -0.4 is 0 Å². The predicted octanol–water partition coefficient (Wildman–Crippen LogP) is 2.51. The van der Waals surface area contributed by atoms with Gasteiger partial charge in [0, 0.05) is 37.2 Å². The van der Waals surface area contributed by atoms with Gasteiger partial charge in [-0.15, -0.1) is 0 Å². The molecule has 0 aliphatic carbocycles. The first-order valence-corrected chi connectivity index (χ1v) is 7.49. The first-order valence-electron chi connectivity index (χ1n) is 7.49. The Kier molecular flexibility index (Phi) is 3.43. The number of piperidine rings is 1. The van der Waals surface area contributed by atoms with Gasteiger partial charge in [0.25, 0.3) is 5.91 Å². The molecule has 1 aromatic carbocycles. The number of carboxylic acids is 1. The monoisotopic (exact) mass is 300 g/mol. The number of carbonyl (C=O) groups is 2. The quantitative estimate of drug-likeness (QED) is 0.927. The maximum absolute atomic E-state index is 12.9. The van der Waals surface area contributed by atoms with Crippen LogP contribution in [-0.2, 0) is 11.8 Å². The fraction of sp³-hybridized carbons (Fsp3) is 0.412. The molecule has 0 bridgehead atoms. The summed E-state index contributed by atoms with van der Waals surface area (Å²) in [4.78, 5) is 26.0. The molecule has 1 atom stereocenters. The Morgan fingerprint density at radius 2 is 2.00 bits per heavy atom. The summed E-state index contributed by atoms with van der Waals surface area (Å²) in [6.07, 6.45) is 3.17. The van der Waals surface area contributed by atoms with Gasteiger partial charge in [0.15, 0.2) is 0 Å². The standard InChI is InChI=1S/C17H20N2O3/c1-17(16(21)22)8-5-9-19(11-17)15(20)13-10-18(2)14-7-4-3-6-12(13)14/h3-4,6-7,10H,5,8-9,11H2,1-2H3,(H,21,22). The van der Waals surface area contributed by atoms with Gasteiger partial charge in [0.05, 0.1) is 11.0 Å². The van der Waals surface area contributed by atoms with E-state index in [2.05, 4.69) is 0 Å². The van der Waals surface area contributed by atoms with Crippen LogP contribution >= 0.6 is 0 Å². The zero-order chi connectivity index (χ0) is 15.9. The van der Waals surface area contributed by atoms with Crippen LogP contribution in [0.4, 0.5) is 0 Å². The normalized spacial score (nSPS) is 22.0. The van der Waals surface area contributed by atoms with E-state index in [9.17, 15) is 14.7 Å². The average Bonchev–Trinajstić information content (AvgIpc) is 2.84. The van der Waals surface area contributed by atoms with Gasteiger partial charge in [-0.1, -0.05) is 18.2 Å². The molecule has 5 nitrogen and oxygen atoms in total. The van der Waals surface area contributed by atoms with E-state index in [1.165, 1.54) is 0 Å². The zero-order valence-electron chi connectivity index (χ0n) is 12.9.